The summed E-state index contributed by atoms with van der Waals surface area (Å²) in [4.78, 5) is 11.9. The molecule has 0 unspecified atom stereocenters. The standard InChI is InChI=1S/C16H14N2O2S2/c19-16(12-10-21-22-11-12)20-15-8-6-14(7-9-15)18-17-13-4-2-1-3-5-13/h1-9,12H,10-11H2. The van der Waals surface area contributed by atoms with Crippen LogP contribution in [-0.2, 0) is 4.79 Å². The monoisotopic (exact) mass is 330 g/mol. The summed E-state index contributed by atoms with van der Waals surface area (Å²) in [6.45, 7) is 0. The average molecular weight is 330 g/mol. The van der Waals surface area contributed by atoms with Crippen molar-refractivity contribution in [1.29, 1.82) is 0 Å². The fraction of sp³-hybridized carbons (Fsp3) is 0.188. The lowest BCUT2D eigenvalue weighted by molar-refractivity contribution is -0.137. The van der Waals surface area contributed by atoms with E-state index in [1.165, 1.54) is 0 Å². The molecule has 2 aromatic rings. The molecule has 22 heavy (non-hydrogen) atoms. The first-order chi connectivity index (χ1) is 10.8. The number of ether oxygens (including phenoxy) is 1. The van der Waals surface area contributed by atoms with Crippen LogP contribution in [0.3, 0.4) is 0 Å². The summed E-state index contributed by atoms with van der Waals surface area (Å²) in [5, 5.41) is 8.29. The number of benzene rings is 2. The average Bonchev–Trinajstić information content (AvgIpc) is 3.10. The third-order valence-electron chi connectivity index (χ3n) is 3.05. The van der Waals surface area contributed by atoms with Gasteiger partial charge in [-0.3, -0.25) is 4.79 Å². The van der Waals surface area contributed by atoms with E-state index in [2.05, 4.69) is 10.2 Å². The van der Waals surface area contributed by atoms with Crippen LogP contribution in [0.1, 0.15) is 0 Å². The molecule has 0 bridgehead atoms. The molecule has 6 heteroatoms. The van der Waals surface area contributed by atoms with Crippen molar-refractivity contribution in [2.75, 3.05) is 11.5 Å². The number of nitrogens with zero attached hydrogens (tertiary/aromatic N) is 2. The zero-order valence-corrected chi connectivity index (χ0v) is 13.3. The molecule has 0 aliphatic carbocycles. The molecule has 0 spiro atoms. The van der Waals surface area contributed by atoms with E-state index in [0.29, 0.717) is 5.75 Å². The first-order valence-electron chi connectivity index (χ1n) is 6.84. The minimum atomic E-state index is -0.156. The highest BCUT2D eigenvalue weighted by Crippen LogP contribution is 2.35. The predicted octanol–water partition coefficient (Wildman–Crippen LogP) is 5.02. The van der Waals surface area contributed by atoms with E-state index in [-0.39, 0.29) is 11.9 Å². The quantitative estimate of drug-likeness (QED) is 0.342. The number of rotatable bonds is 4. The first-order valence-corrected chi connectivity index (χ1v) is 9.33. The van der Waals surface area contributed by atoms with Crippen molar-refractivity contribution < 1.29 is 9.53 Å². The topological polar surface area (TPSA) is 51.0 Å². The molecule has 3 rings (SSSR count). The van der Waals surface area contributed by atoms with Crippen LogP contribution in [0.2, 0.25) is 0 Å². The summed E-state index contributed by atoms with van der Waals surface area (Å²) in [7, 11) is 3.43. The largest absolute Gasteiger partial charge is 0.426 e. The highest BCUT2D eigenvalue weighted by molar-refractivity contribution is 8.77. The van der Waals surface area contributed by atoms with Crippen LogP contribution in [0, 0.1) is 5.92 Å². The van der Waals surface area contributed by atoms with Gasteiger partial charge in [-0.25, -0.2) is 0 Å². The van der Waals surface area contributed by atoms with Crippen LogP contribution < -0.4 is 4.74 Å². The van der Waals surface area contributed by atoms with E-state index >= 15 is 0 Å². The molecule has 0 atom stereocenters. The molecule has 0 N–H and O–H groups in total. The van der Waals surface area contributed by atoms with Crippen molar-refractivity contribution in [3.8, 4) is 5.75 Å². The SMILES string of the molecule is O=C(Oc1ccc(N=Nc2ccccc2)cc1)C1CSSC1. The maximum Gasteiger partial charge on any atom is 0.316 e. The molecule has 1 heterocycles. The minimum absolute atomic E-state index is 0.00700. The number of carbonyl (C=O) groups excluding carboxylic acids is 1. The maximum absolute atomic E-state index is 11.9. The maximum atomic E-state index is 11.9. The van der Waals surface area contributed by atoms with Gasteiger partial charge in [-0.1, -0.05) is 39.8 Å². The molecule has 0 amide bonds. The van der Waals surface area contributed by atoms with E-state index < -0.39 is 0 Å². The third kappa shape index (κ3) is 4.11. The fourth-order valence-corrected chi connectivity index (χ4v) is 4.58. The third-order valence-corrected chi connectivity index (χ3v) is 5.61. The molecule has 2 aromatic carbocycles. The summed E-state index contributed by atoms with van der Waals surface area (Å²) in [5.74, 6) is 2.04. The van der Waals surface area contributed by atoms with Crippen LogP contribution in [0.25, 0.3) is 0 Å². The predicted molar refractivity (Wildman–Crippen MR) is 91.1 cm³/mol. The Kier molecular flexibility index (Phi) is 5.13. The fourth-order valence-electron chi connectivity index (χ4n) is 1.84. The molecule has 0 saturated carbocycles. The van der Waals surface area contributed by atoms with E-state index in [4.69, 9.17) is 4.74 Å². The summed E-state index contributed by atoms with van der Waals surface area (Å²) in [6, 6.07) is 16.6. The van der Waals surface area contributed by atoms with Gasteiger partial charge in [0, 0.05) is 11.5 Å². The van der Waals surface area contributed by atoms with Crippen LogP contribution in [0.5, 0.6) is 5.75 Å². The molecule has 1 saturated heterocycles. The summed E-state index contributed by atoms with van der Waals surface area (Å²) in [6.07, 6.45) is 0. The first kappa shape index (κ1) is 15.1. The Morgan fingerprint density at radius 1 is 0.909 bits per heavy atom. The number of azo groups is 1. The second-order valence-electron chi connectivity index (χ2n) is 4.72. The van der Waals surface area contributed by atoms with Crippen molar-refractivity contribution in [3.05, 3.63) is 54.6 Å². The zero-order chi connectivity index (χ0) is 15.2. The van der Waals surface area contributed by atoms with E-state index in [0.717, 1.165) is 22.9 Å². The van der Waals surface area contributed by atoms with Gasteiger partial charge in [0.2, 0.25) is 0 Å². The van der Waals surface area contributed by atoms with Gasteiger partial charge in [0.1, 0.15) is 5.75 Å². The van der Waals surface area contributed by atoms with Crippen LogP contribution >= 0.6 is 21.6 Å². The van der Waals surface area contributed by atoms with Crippen molar-refractivity contribution in [1.82, 2.24) is 0 Å². The molecule has 112 valence electrons. The van der Waals surface area contributed by atoms with Gasteiger partial charge in [-0.05, 0) is 36.4 Å². The van der Waals surface area contributed by atoms with Gasteiger partial charge in [0.25, 0.3) is 0 Å². The highest BCUT2D eigenvalue weighted by atomic mass is 33.1. The van der Waals surface area contributed by atoms with Crippen molar-refractivity contribution in [2.24, 2.45) is 16.1 Å². The van der Waals surface area contributed by atoms with Gasteiger partial charge < -0.3 is 4.74 Å². The van der Waals surface area contributed by atoms with E-state index in [1.807, 2.05) is 30.3 Å². The molecule has 1 fully saturated rings. The van der Waals surface area contributed by atoms with Crippen molar-refractivity contribution in [2.45, 2.75) is 0 Å². The second-order valence-corrected chi connectivity index (χ2v) is 7.27. The number of esters is 1. The van der Waals surface area contributed by atoms with Crippen molar-refractivity contribution in [3.63, 3.8) is 0 Å². The lowest BCUT2D eigenvalue weighted by atomic mass is 10.2. The lowest BCUT2D eigenvalue weighted by Gasteiger charge is -2.07. The van der Waals surface area contributed by atoms with Crippen LogP contribution in [0.4, 0.5) is 11.4 Å². The summed E-state index contributed by atoms with van der Waals surface area (Å²) < 4.78 is 5.38. The van der Waals surface area contributed by atoms with Gasteiger partial charge in [0.15, 0.2) is 0 Å². The van der Waals surface area contributed by atoms with Gasteiger partial charge >= 0.3 is 5.97 Å². The number of hydrogen-bond donors (Lipinski definition) is 0. The summed E-state index contributed by atoms with van der Waals surface area (Å²) >= 11 is 0. The van der Waals surface area contributed by atoms with Crippen LogP contribution in [0.15, 0.2) is 64.8 Å². The van der Waals surface area contributed by atoms with Gasteiger partial charge in [0.05, 0.1) is 17.3 Å². The zero-order valence-electron chi connectivity index (χ0n) is 11.7. The lowest BCUT2D eigenvalue weighted by Crippen LogP contribution is -2.21. The van der Waals surface area contributed by atoms with E-state index in [9.17, 15) is 4.79 Å². The number of hydrogen-bond acceptors (Lipinski definition) is 6. The van der Waals surface area contributed by atoms with Gasteiger partial charge in [-0.15, -0.1) is 0 Å². The molecule has 0 aromatic heterocycles. The Morgan fingerprint density at radius 2 is 1.50 bits per heavy atom. The Labute approximate surface area is 136 Å². The Hall–Kier alpha value is -1.79. The molecular weight excluding hydrogens is 316 g/mol. The van der Waals surface area contributed by atoms with Crippen LogP contribution in [-0.4, -0.2) is 17.5 Å². The second kappa shape index (κ2) is 7.47. The van der Waals surface area contributed by atoms with E-state index in [1.54, 1.807) is 45.9 Å². The molecule has 1 aliphatic rings. The molecule has 1 aliphatic heterocycles. The highest BCUT2D eigenvalue weighted by Gasteiger charge is 2.25. The van der Waals surface area contributed by atoms with Crippen molar-refractivity contribution >= 4 is 38.9 Å². The molecule has 0 radical (unpaired) electrons. The normalized spacial score (nSPS) is 15.3. The number of carbonyl (C=O) groups is 1. The Bertz CT molecular complexity index is 654. The Balaban J connectivity index is 1.60. The molecule has 4 nitrogen and oxygen atoms in total. The Morgan fingerprint density at radius 3 is 2.14 bits per heavy atom. The summed E-state index contributed by atoms with van der Waals surface area (Å²) in [5.41, 5.74) is 1.52. The van der Waals surface area contributed by atoms with Gasteiger partial charge in [-0.2, -0.15) is 10.2 Å². The smallest absolute Gasteiger partial charge is 0.316 e. The molecular formula is C16H14N2O2S2. The minimum Gasteiger partial charge on any atom is -0.426 e.